The van der Waals surface area contributed by atoms with Gasteiger partial charge in [-0.1, -0.05) is 24.3 Å². The molecule has 1 atom stereocenters. The average molecular weight is 364 g/mol. The van der Waals surface area contributed by atoms with Gasteiger partial charge in [-0.05, 0) is 49.6 Å². The molecule has 4 rings (SSSR count). The lowest BCUT2D eigenvalue weighted by Crippen LogP contribution is -2.40. The first-order valence-electron chi connectivity index (χ1n) is 9.58. The van der Waals surface area contributed by atoms with Crippen LogP contribution in [0.1, 0.15) is 37.1 Å². The molecule has 3 aromatic rings. The lowest BCUT2D eigenvalue weighted by atomic mass is 9.97. The van der Waals surface area contributed by atoms with Crippen LogP contribution in [0.25, 0.3) is 11.1 Å². The summed E-state index contributed by atoms with van der Waals surface area (Å²) < 4.78 is 11.4. The standard InChI is InChI=1S/C22H24N2O3/c1-2-26-18-11-9-16(10-12-18)14-21(25)24-13-5-6-17(15-24)22-23-19-7-3-4-8-20(19)27-22/h3-4,7-12,17H,2,5-6,13-15H2,1H3/t17-/m0/s1. The van der Waals surface area contributed by atoms with Crippen molar-refractivity contribution >= 4 is 17.0 Å². The summed E-state index contributed by atoms with van der Waals surface area (Å²) in [4.78, 5) is 19.3. The van der Waals surface area contributed by atoms with Gasteiger partial charge in [-0.2, -0.15) is 0 Å². The Morgan fingerprint density at radius 3 is 2.81 bits per heavy atom. The maximum Gasteiger partial charge on any atom is 0.227 e. The molecule has 5 heteroatoms. The van der Waals surface area contributed by atoms with Gasteiger partial charge in [0, 0.05) is 13.1 Å². The molecule has 1 aromatic heterocycles. The molecule has 0 unspecified atom stereocenters. The number of ether oxygens (including phenoxy) is 1. The van der Waals surface area contributed by atoms with Gasteiger partial charge >= 0.3 is 0 Å². The van der Waals surface area contributed by atoms with Crippen LogP contribution in [0, 0.1) is 0 Å². The number of carbonyl (C=O) groups excluding carboxylic acids is 1. The van der Waals surface area contributed by atoms with Crippen molar-refractivity contribution in [3.63, 3.8) is 0 Å². The molecule has 2 aromatic carbocycles. The molecule has 2 heterocycles. The van der Waals surface area contributed by atoms with E-state index in [0.29, 0.717) is 19.6 Å². The molecular weight excluding hydrogens is 340 g/mol. The predicted molar refractivity (Wildman–Crippen MR) is 104 cm³/mol. The number of nitrogens with zero attached hydrogens (tertiary/aromatic N) is 2. The van der Waals surface area contributed by atoms with Gasteiger partial charge in [0.2, 0.25) is 5.91 Å². The summed E-state index contributed by atoms with van der Waals surface area (Å²) in [5, 5.41) is 0. The summed E-state index contributed by atoms with van der Waals surface area (Å²) in [6.45, 7) is 4.07. The van der Waals surface area contributed by atoms with Crippen molar-refractivity contribution in [3.8, 4) is 5.75 Å². The van der Waals surface area contributed by atoms with Crippen molar-refractivity contribution in [2.24, 2.45) is 0 Å². The van der Waals surface area contributed by atoms with Crippen LogP contribution in [0.3, 0.4) is 0 Å². The third kappa shape index (κ3) is 3.97. The van der Waals surface area contributed by atoms with Gasteiger partial charge in [-0.3, -0.25) is 4.79 Å². The van der Waals surface area contributed by atoms with Gasteiger partial charge in [-0.15, -0.1) is 0 Å². The lowest BCUT2D eigenvalue weighted by Gasteiger charge is -2.31. The van der Waals surface area contributed by atoms with Crippen molar-refractivity contribution in [1.29, 1.82) is 0 Å². The van der Waals surface area contributed by atoms with Gasteiger partial charge in [0.15, 0.2) is 11.5 Å². The monoisotopic (exact) mass is 364 g/mol. The molecule has 1 aliphatic rings. The minimum atomic E-state index is 0.153. The van der Waals surface area contributed by atoms with E-state index in [9.17, 15) is 4.79 Å². The van der Waals surface area contributed by atoms with Crippen LogP contribution in [0.15, 0.2) is 52.9 Å². The van der Waals surface area contributed by atoms with Gasteiger partial charge in [0.1, 0.15) is 11.3 Å². The molecular formula is C22H24N2O3. The molecule has 1 aliphatic heterocycles. The van der Waals surface area contributed by atoms with Gasteiger partial charge in [0.25, 0.3) is 0 Å². The highest BCUT2D eigenvalue weighted by Crippen LogP contribution is 2.29. The van der Waals surface area contributed by atoms with E-state index in [1.807, 2.05) is 60.4 Å². The normalized spacial score (nSPS) is 17.2. The summed E-state index contributed by atoms with van der Waals surface area (Å²) in [7, 11) is 0. The highest BCUT2D eigenvalue weighted by atomic mass is 16.5. The molecule has 0 bridgehead atoms. The van der Waals surface area contributed by atoms with Gasteiger partial charge < -0.3 is 14.1 Å². The van der Waals surface area contributed by atoms with E-state index in [-0.39, 0.29) is 11.8 Å². The molecule has 0 aliphatic carbocycles. The zero-order valence-corrected chi connectivity index (χ0v) is 15.6. The van der Waals surface area contributed by atoms with Crippen LogP contribution in [-0.4, -0.2) is 35.5 Å². The second-order valence-electron chi connectivity index (χ2n) is 6.95. The highest BCUT2D eigenvalue weighted by Gasteiger charge is 2.28. The first-order valence-corrected chi connectivity index (χ1v) is 9.58. The first-order chi connectivity index (χ1) is 13.2. The van der Waals surface area contributed by atoms with Gasteiger partial charge in [-0.25, -0.2) is 4.98 Å². The fraction of sp³-hybridized carbons (Fsp3) is 0.364. The first kappa shape index (κ1) is 17.6. The molecule has 0 N–H and O–H groups in total. The van der Waals surface area contributed by atoms with Crippen LogP contribution < -0.4 is 4.74 Å². The predicted octanol–water partition coefficient (Wildman–Crippen LogP) is 4.18. The van der Waals surface area contributed by atoms with Crippen molar-refractivity contribution in [3.05, 3.63) is 60.0 Å². The molecule has 27 heavy (non-hydrogen) atoms. The van der Waals surface area contributed by atoms with E-state index >= 15 is 0 Å². The Bertz CT molecular complexity index is 884. The Labute approximate surface area is 158 Å². The smallest absolute Gasteiger partial charge is 0.227 e. The second kappa shape index (κ2) is 7.82. The third-order valence-corrected chi connectivity index (χ3v) is 5.02. The van der Waals surface area contributed by atoms with Crippen LogP contribution in [0.2, 0.25) is 0 Å². The summed E-state index contributed by atoms with van der Waals surface area (Å²) in [5.41, 5.74) is 2.70. The highest BCUT2D eigenvalue weighted by molar-refractivity contribution is 5.79. The van der Waals surface area contributed by atoms with E-state index < -0.39 is 0 Å². The average Bonchev–Trinajstić information content (AvgIpc) is 3.14. The number of para-hydroxylation sites is 2. The molecule has 0 spiro atoms. The zero-order valence-electron chi connectivity index (χ0n) is 15.6. The number of rotatable bonds is 5. The number of amides is 1. The summed E-state index contributed by atoms with van der Waals surface area (Å²) in [6, 6.07) is 15.6. The SMILES string of the molecule is CCOc1ccc(CC(=O)N2CCC[C@H](c3nc4ccccc4o3)C2)cc1. The lowest BCUT2D eigenvalue weighted by molar-refractivity contribution is -0.131. The van der Waals surface area contributed by atoms with Crippen molar-refractivity contribution in [2.75, 3.05) is 19.7 Å². The number of hydrogen-bond donors (Lipinski definition) is 0. The number of hydrogen-bond acceptors (Lipinski definition) is 4. The minimum Gasteiger partial charge on any atom is -0.494 e. The van der Waals surface area contributed by atoms with Crippen molar-refractivity contribution < 1.29 is 13.9 Å². The zero-order chi connectivity index (χ0) is 18.6. The topological polar surface area (TPSA) is 55.6 Å². The Balaban J connectivity index is 1.41. The van der Waals surface area contributed by atoms with E-state index in [2.05, 4.69) is 4.98 Å². The van der Waals surface area contributed by atoms with E-state index in [1.54, 1.807) is 0 Å². The molecule has 1 amide bonds. The number of fused-ring (bicyclic) bond motifs is 1. The largest absolute Gasteiger partial charge is 0.494 e. The molecule has 140 valence electrons. The van der Waals surface area contributed by atoms with E-state index in [4.69, 9.17) is 9.15 Å². The molecule has 5 nitrogen and oxygen atoms in total. The summed E-state index contributed by atoms with van der Waals surface area (Å²) in [6.07, 6.45) is 2.38. The Hall–Kier alpha value is -2.82. The fourth-order valence-electron chi connectivity index (χ4n) is 3.63. The van der Waals surface area contributed by atoms with Crippen molar-refractivity contribution in [1.82, 2.24) is 9.88 Å². The second-order valence-corrected chi connectivity index (χ2v) is 6.95. The maximum atomic E-state index is 12.8. The summed E-state index contributed by atoms with van der Waals surface area (Å²) in [5.74, 6) is 1.90. The molecule has 0 radical (unpaired) electrons. The maximum absolute atomic E-state index is 12.8. The minimum absolute atomic E-state index is 0.153. The van der Waals surface area contributed by atoms with Crippen LogP contribution in [0.5, 0.6) is 5.75 Å². The number of aromatic nitrogens is 1. The quantitative estimate of drug-likeness (QED) is 0.682. The fourth-order valence-corrected chi connectivity index (χ4v) is 3.63. The number of benzene rings is 2. The van der Waals surface area contributed by atoms with Crippen LogP contribution in [-0.2, 0) is 11.2 Å². The Kier molecular flexibility index (Phi) is 5.10. The number of oxazole rings is 1. The van der Waals surface area contributed by atoms with Crippen LogP contribution >= 0.6 is 0 Å². The Morgan fingerprint density at radius 2 is 2.04 bits per heavy atom. The van der Waals surface area contributed by atoms with E-state index in [1.165, 1.54) is 0 Å². The van der Waals surface area contributed by atoms with Crippen LogP contribution in [0.4, 0.5) is 0 Å². The summed E-state index contributed by atoms with van der Waals surface area (Å²) >= 11 is 0. The van der Waals surface area contributed by atoms with Crippen molar-refractivity contribution in [2.45, 2.75) is 32.1 Å². The molecule has 1 saturated heterocycles. The molecule has 1 fully saturated rings. The number of carbonyl (C=O) groups is 1. The third-order valence-electron chi connectivity index (χ3n) is 5.02. The number of likely N-dealkylation sites (tertiary alicyclic amines) is 1. The number of piperidine rings is 1. The Morgan fingerprint density at radius 1 is 1.22 bits per heavy atom. The molecule has 0 saturated carbocycles. The van der Waals surface area contributed by atoms with Gasteiger partial charge in [0.05, 0.1) is 18.9 Å². The van der Waals surface area contributed by atoms with E-state index in [0.717, 1.165) is 47.7 Å².